The lowest BCUT2D eigenvalue weighted by Crippen LogP contribution is -2.17. The number of halogens is 2. The lowest BCUT2D eigenvalue weighted by Gasteiger charge is -2.11. The topological polar surface area (TPSA) is 97.0 Å². The Morgan fingerprint density at radius 1 is 1.35 bits per heavy atom. The summed E-state index contributed by atoms with van der Waals surface area (Å²) in [7, 11) is 1.26. The molecule has 0 bridgehead atoms. The minimum atomic E-state index is -0.570. The van der Waals surface area contributed by atoms with Gasteiger partial charge in [-0.2, -0.15) is 5.10 Å². The summed E-state index contributed by atoms with van der Waals surface area (Å²) >= 11 is 6.56. The van der Waals surface area contributed by atoms with Gasteiger partial charge in [-0.05, 0) is 28.1 Å². The third kappa shape index (κ3) is 3.05. The number of carbonyl (C=O) groups is 2. The molecule has 0 atom stereocenters. The highest BCUT2D eigenvalue weighted by Gasteiger charge is 2.19. The van der Waals surface area contributed by atoms with Gasteiger partial charge in [-0.15, -0.1) is 0 Å². The van der Waals surface area contributed by atoms with Crippen LogP contribution in [0.3, 0.4) is 0 Å². The number of rotatable bonds is 3. The van der Waals surface area contributed by atoms with E-state index in [9.17, 15) is 9.59 Å². The Morgan fingerprint density at radius 2 is 2.10 bits per heavy atom. The lowest BCUT2D eigenvalue weighted by molar-refractivity contribution is 0.0602. The molecule has 1 aromatic carbocycles. The van der Waals surface area contributed by atoms with Gasteiger partial charge in [0, 0.05) is 8.95 Å². The van der Waals surface area contributed by atoms with Crippen LogP contribution in [0.2, 0.25) is 0 Å². The van der Waals surface area contributed by atoms with Crippen LogP contribution in [-0.2, 0) is 4.74 Å². The second-order valence-corrected chi connectivity index (χ2v) is 5.36. The molecule has 1 aromatic heterocycles. The molecule has 1 heterocycles. The Balaban J connectivity index is 2.40. The molecule has 2 aromatic rings. The number of H-pyrrole nitrogens is 1. The molecule has 0 spiro atoms. The van der Waals surface area contributed by atoms with Crippen molar-refractivity contribution in [1.82, 2.24) is 15.2 Å². The molecule has 0 unspecified atom stereocenters. The Bertz CT molecular complexity index is 658. The van der Waals surface area contributed by atoms with E-state index in [0.29, 0.717) is 14.6 Å². The molecule has 0 aliphatic heterocycles. The van der Waals surface area contributed by atoms with Crippen molar-refractivity contribution in [1.29, 1.82) is 0 Å². The summed E-state index contributed by atoms with van der Waals surface area (Å²) in [6, 6.07) is 3.25. The highest BCUT2D eigenvalue weighted by atomic mass is 79.9. The van der Waals surface area contributed by atoms with E-state index in [-0.39, 0.29) is 11.4 Å². The fraction of sp³-hybridized carbons (Fsp3) is 0.0909. The number of ether oxygens (including phenoxy) is 1. The van der Waals surface area contributed by atoms with Gasteiger partial charge in [0.1, 0.15) is 6.33 Å². The maximum absolute atomic E-state index is 11.9. The molecule has 20 heavy (non-hydrogen) atoms. The molecule has 2 rings (SSSR count). The van der Waals surface area contributed by atoms with Crippen LogP contribution in [0.25, 0.3) is 0 Å². The van der Waals surface area contributed by atoms with Crippen LogP contribution >= 0.6 is 31.9 Å². The van der Waals surface area contributed by atoms with E-state index < -0.39 is 11.9 Å². The Morgan fingerprint density at radius 3 is 2.70 bits per heavy atom. The largest absolute Gasteiger partial charge is 0.465 e. The average Bonchev–Trinajstić information content (AvgIpc) is 2.94. The number of aromatic amines is 1. The summed E-state index contributed by atoms with van der Waals surface area (Å²) in [4.78, 5) is 27.4. The average molecular weight is 404 g/mol. The van der Waals surface area contributed by atoms with Gasteiger partial charge in [0.2, 0.25) is 5.82 Å². The number of hydrogen-bond donors (Lipinski definition) is 2. The molecule has 2 N–H and O–H groups in total. The first-order valence-corrected chi connectivity index (χ1v) is 6.85. The van der Waals surface area contributed by atoms with Crippen molar-refractivity contribution in [2.75, 3.05) is 12.4 Å². The third-order valence-corrected chi connectivity index (χ3v) is 3.41. The standard InChI is InChI=1S/C11H8Br2N4O3/c1-20-11(19)6-2-5(12)3-7(13)8(6)16-10(18)9-14-4-15-17-9/h2-4H,1H3,(H,16,18)(H,14,15,17). The maximum Gasteiger partial charge on any atom is 0.340 e. The Hall–Kier alpha value is -1.74. The first kappa shape index (κ1) is 14.7. The quantitative estimate of drug-likeness (QED) is 0.766. The van der Waals surface area contributed by atoms with Gasteiger partial charge < -0.3 is 10.1 Å². The number of hydrogen-bond acceptors (Lipinski definition) is 5. The van der Waals surface area contributed by atoms with Crippen molar-refractivity contribution < 1.29 is 14.3 Å². The fourth-order valence-electron chi connectivity index (χ4n) is 1.46. The van der Waals surface area contributed by atoms with Crippen molar-refractivity contribution in [3.63, 3.8) is 0 Å². The summed E-state index contributed by atoms with van der Waals surface area (Å²) in [6.45, 7) is 0. The summed E-state index contributed by atoms with van der Waals surface area (Å²) in [5.74, 6) is -1.05. The van der Waals surface area contributed by atoms with Crippen molar-refractivity contribution in [2.45, 2.75) is 0 Å². The van der Waals surface area contributed by atoms with Crippen LogP contribution in [0, 0.1) is 0 Å². The molecule has 0 saturated carbocycles. The molecule has 7 nitrogen and oxygen atoms in total. The van der Waals surface area contributed by atoms with E-state index in [1.165, 1.54) is 13.4 Å². The summed E-state index contributed by atoms with van der Waals surface area (Å²) in [6.07, 6.45) is 1.22. The number of anilines is 1. The van der Waals surface area contributed by atoms with E-state index in [2.05, 4.69) is 52.4 Å². The number of benzene rings is 1. The molecule has 1 amide bonds. The van der Waals surface area contributed by atoms with E-state index >= 15 is 0 Å². The van der Waals surface area contributed by atoms with Crippen molar-refractivity contribution in [3.05, 3.63) is 38.8 Å². The number of methoxy groups -OCH3 is 1. The van der Waals surface area contributed by atoms with E-state index in [1.807, 2.05) is 0 Å². The summed E-state index contributed by atoms with van der Waals surface area (Å²) in [5.41, 5.74) is 0.503. The maximum atomic E-state index is 11.9. The van der Waals surface area contributed by atoms with Gasteiger partial charge >= 0.3 is 5.97 Å². The van der Waals surface area contributed by atoms with Crippen molar-refractivity contribution in [2.24, 2.45) is 0 Å². The van der Waals surface area contributed by atoms with Crippen LogP contribution in [0.1, 0.15) is 21.0 Å². The van der Waals surface area contributed by atoms with Crippen LogP contribution in [0.4, 0.5) is 5.69 Å². The Kier molecular flexibility index (Phi) is 4.50. The minimum Gasteiger partial charge on any atom is -0.465 e. The Labute approximate surface area is 130 Å². The smallest absolute Gasteiger partial charge is 0.340 e. The zero-order chi connectivity index (χ0) is 14.7. The zero-order valence-corrected chi connectivity index (χ0v) is 13.3. The fourth-order valence-corrected chi connectivity index (χ4v) is 2.78. The van der Waals surface area contributed by atoms with Gasteiger partial charge in [0.15, 0.2) is 0 Å². The van der Waals surface area contributed by atoms with Gasteiger partial charge in [0.25, 0.3) is 5.91 Å². The number of esters is 1. The molecule has 104 valence electrons. The minimum absolute atomic E-state index is 0.0376. The highest BCUT2D eigenvalue weighted by Crippen LogP contribution is 2.31. The molecule has 0 aliphatic rings. The number of nitrogens with zero attached hydrogens (tertiary/aromatic N) is 2. The first-order chi connectivity index (χ1) is 9.52. The first-order valence-electron chi connectivity index (χ1n) is 5.27. The van der Waals surface area contributed by atoms with E-state index in [4.69, 9.17) is 4.74 Å². The summed E-state index contributed by atoms with van der Waals surface area (Å²) < 4.78 is 5.89. The molecular weight excluding hydrogens is 396 g/mol. The molecule has 0 aliphatic carbocycles. The monoisotopic (exact) mass is 402 g/mol. The predicted molar refractivity (Wildman–Crippen MR) is 77.5 cm³/mol. The van der Waals surface area contributed by atoms with Crippen LogP contribution in [-0.4, -0.2) is 34.2 Å². The predicted octanol–water partition coefficient (Wildman–Crippen LogP) is 2.37. The molecule has 9 heteroatoms. The second kappa shape index (κ2) is 6.14. The normalized spacial score (nSPS) is 10.2. The second-order valence-electron chi connectivity index (χ2n) is 3.59. The zero-order valence-electron chi connectivity index (χ0n) is 10.1. The van der Waals surface area contributed by atoms with Gasteiger partial charge in [-0.1, -0.05) is 15.9 Å². The van der Waals surface area contributed by atoms with Crippen molar-refractivity contribution >= 4 is 49.4 Å². The lowest BCUT2D eigenvalue weighted by atomic mass is 10.2. The highest BCUT2D eigenvalue weighted by molar-refractivity contribution is 9.11. The molecular formula is C11H8Br2N4O3. The van der Waals surface area contributed by atoms with Crippen LogP contribution in [0.15, 0.2) is 27.4 Å². The number of amides is 1. The van der Waals surface area contributed by atoms with E-state index in [0.717, 1.165) is 0 Å². The molecule has 0 fully saturated rings. The number of nitrogens with one attached hydrogen (secondary N) is 2. The van der Waals surface area contributed by atoms with Gasteiger partial charge in [0.05, 0.1) is 18.4 Å². The molecule has 0 saturated heterocycles. The van der Waals surface area contributed by atoms with Crippen molar-refractivity contribution in [3.8, 4) is 0 Å². The van der Waals surface area contributed by atoms with Crippen LogP contribution in [0.5, 0.6) is 0 Å². The number of carbonyl (C=O) groups excluding carboxylic acids is 2. The summed E-state index contributed by atoms with van der Waals surface area (Å²) in [5, 5.41) is 8.61. The number of aromatic nitrogens is 3. The van der Waals surface area contributed by atoms with Crippen LogP contribution < -0.4 is 5.32 Å². The van der Waals surface area contributed by atoms with Gasteiger partial charge in [-0.3, -0.25) is 9.89 Å². The molecule has 0 radical (unpaired) electrons. The van der Waals surface area contributed by atoms with Gasteiger partial charge in [-0.25, -0.2) is 9.78 Å². The SMILES string of the molecule is COC(=O)c1cc(Br)cc(Br)c1NC(=O)c1ncn[nH]1. The van der Waals surface area contributed by atoms with E-state index in [1.54, 1.807) is 12.1 Å². The third-order valence-electron chi connectivity index (χ3n) is 2.33.